The number of pyridine rings is 1. The molecule has 2 amide bonds. The molecule has 0 bridgehead atoms. The van der Waals surface area contributed by atoms with E-state index in [1.165, 1.54) is 12.8 Å². The highest BCUT2D eigenvalue weighted by Crippen LogP contribution is 2.33. The molecule has 36 heavy (non-hydrogen) atoms. The second-order valence-corrected chi connectivity index (χ2v) is 9.32. The lowest BCUT2D eigenvalue weighted by Gasteiger charge is -2.28. The average molecular weight is 490 g/mol. The summed E-state index contributed by atoms with van der Waals surface area (Å²) in [5.74, 6) is 1.68. The molecule has 1 aromatic carbocycles. The van der Waals surface area contributed by atoms with Crippen molar-refractivity contribution in [2.75, 3.05) is 20.8 Å². The number of benzene rings is 1. The van der Waals surface area contributed by atoms with Crippen LogP contribution < -0.4 is 14.8 Å². The fourth-order valence-electron chi connectivity index (χ4n) is 4.63. The van der Waals surface area contributed by atoms with E-state index in [1.807, 2.05) is 41.1 Å². The van der Waals surface area contributed by atoms with E-state index in [9.17, 15) is 9.59 Å². The molecular formula is C27H31N5O4. The Hall–Kier alpha value is -3.88. The summed E-state index contributed by atoms with van der Waals surface area (Å²) in [4.78, 5) is 32.6. The van der Waals surface area contributed by atoms with Gasteiger partial charge in [-0.3, -0.25) is 19.3 Å². The van der Waals surface area contributed by atoms with Gasteiger partial charge in [0.2, 0.25) is 5.91 Å². The van der Waals surface area contributed by atoms with Crippen molar-refractivity contribution < 1.29 is 19.1 Å². The van der Waals surface area contributed by atoms with E-state index in [0.717, 1.165) is 29.1 Å². The molecule has 1 saturated carbocycles. The lowest BCUT2D eigenvalue weighted by Crippen LogP contribution is -2.38. The molecule has 1 aliphatic heterocycles. The number of amides is 2. The van der Waals surface area contributed by atoms with Crippen LogP contribution in [-0.4, -0.2) is 52.2 Å². The second kappa shape index (κ2) is 10.4. The Morgan fingerprint density at radius 1 is 1.14 bits per heavy atom. The van der Waals surface area contributed by atoms with E-state index in [4.69, 9.17) is 14.6 Å². The first-order chi connectivity index (χ1) is 17.6. The SMILES string of the molecule is COc1ccc(OC)c(CC(=O)N2CCc3c(c(C(=O)NCc4ccccn4)nn3CC3CC3)C2)c1. The summed E-state index contributed by atoms with van der Waals surface area (Å²) in [6, 6.07) is 11.0. The summed E-state index contributed by atoms with van der Waals surface area (Å²) in [6.07, 6.45) is 4.96. The van der Waals surface area contributed by atoms with Crippen molar-refractivity contribution in [1.82, 2.24) is 25.0 Å². The first kappa shape index (κ1) is 23.8. The maximum Gasteiger partial charge on any atom is 0.272 e. The molecule has 2 aromatic heterocycles. The number of fused-ring (bicyclic) bond motifs is 1. The van der Waals surface area contributed by atoms with Crippen molar-refractivity contribution >= 4 is 11.8 Å². The topological polar surface area (TPSA) is 98.6 Å². The number of carbonyl (C=O) groups excluding carboxylic acids is 2. The Morgan fingerprint density at radius 3 is 2.72 bits per heavy atom. The number of methoxy groups -OCH3 is 2. The Balaban J connectivity index is 1.35. The summed E-state index contributed by atoms with van der Waals surface area (Å²) >= 11 is 0. The number of hydrogen-bond donors (Lipinski definition) is 1. The first-order valence-corrected chi connectivity index (χ1v) is 12.3. The van der Waals surface area contributed by atoms with Crippen molar-refractivity contribution in [3.05, 3.63) is 70.8 Å². The molecule has 0 unspecified atom stereocenters. The third-order valence-corrected chi connectivity index (χ3v) is 6.82. The maximum atomic E-state index is 13.3. The standard InChI is InChI=1S/C27H31N5O4/c1-35-21-8-9-24(36-2)19(13-21)14-25(33)31-12-10-23-22(17-31)26(30-32(23)16-18-6-7-18)27(34)29-15-20-5-3-4-11-28-20/h3-5,8-9,11,13,18H,6-7,10,12,14-17H2,1-2H3,(H,29,34). The van der Waals surface area contributed by atoms with Gasteiger partial charge in [0.05, 0.1) is 32.9 Å². The molecule has 188 valence electrons. The summed E-state index contributed by atoms with van der Waals surface area (Å²) in [6.45, 7) is 2.09. The fraction of sp³-hybridized carbons (Fsp3) is 0.407. The molecule has 0 spiro atoms. The van der Waals surface area contributed by atoms with Crippen LogP contribution in [0.25, 0.3) is 0 Å². The first-order valence-electron chi connectivity index (χ1n) is 12.3. The molecule has 3 heterocycles. The van der Waals surface area contributed by atoms with Crippen LogP contribution in [0, 0.1) is 5.92 Å². The summed E-state index contributed by atoms with van der Waals surface area (Å²) < 4.78 is 12.8. The van der Waals surface area contributed by atoms with Crippen LogP contribution in [0.1, 0.15) is 45.8 Å². The highest BCUT2D eigenvalue weighted by molar-refractivity contribution is 5.94. The minimum Gasteiger partial charge on any atom is -0.497 e. The highest BCUT2D eigenvalue weighted by Gasteiger charge is 2.32. The van der Waals surface area contributed by atoms with Gasteiger partial charge in [-0.05, 0) is 49.1 Å². The normalized spacial score (nSPS) is 14.8. The van der Waals surface area contributed by atoms with Crippen LogP contribution in [0.2, 0.25) is 0 Å². The minimum atomic E-state index is -0.241. The Morgan fingerprint density at radius 2 is 2.00 bits per heavy atom. The van der Waals surface area contributed by atoms with Crippen LogP contribution in [0.5, 0.6) is 11.5 Å². The zero-order valence-electron chi connectivity index (χ0n) is 20.7. The lowest BCUT2D eigenvalue weighted by atomic mass is 10.0. The number of carbonyl (C=O) groups is 2. The number of ether oxygens (including phenoxy) is 2. The van der Waals surface area contributed by atoms with Crippen LogP contribution in [0.15, 0.2) is 42.6 Å². The smallest absolute Gasteiger partial charge is 0.272 e. The Bertz CT molecular complexity index is 1250. The highest BCUT2D eigenvalue weighted by atomic mass is 16.5. The van der Waals surface area contributed by atoms with E-state index in [0.29, 0.717) is 49.2 Å². The molecule has 1 aliphatic carbocycles. The van der Waals surface area contributed by atoms with Gasteiger partial charge in [-0.2, -0.15) is 5.10 Å². The second-order valence-electron chi connectivity index (χ2n) is 9.32. The number of aromatic nitrogens is 3. The molecule has 2 aliphatic rings. The molecule has 1 N–H and O–H groups in total. The van der Waals surface area contributed by atoms with Gasteiger partial charge in [-0.25, -0.2) is 0 Å². The lowest BCUT2D eigenvalue weighted by molar-refractivity contribution is -0.131. The van der Waals surface area contributed by atoms with Crippen LogP contribution in [0.4, 0.5) is 0 Å². The molecule has 9 heteroatoms. The van der Waals surface area contributed by atoms with E-state index >= 15 is 0 Å². The number of rotatable bonds is 9. The largest absolute Gasteiger partial charge is 0.497 e. The molecule has 0 atom stereocenters. The Kier molecular flexibility index (Phi) is 6.88. The van der Waals surface area contributed by atoms with Gasteiger partial charge in [0, 0.05) is 49.1 Å². The predicted molar refractivity (Wildman–Crippen MR) is 133 cm³/mol. The van der Waals surface area contributed by atoms with E-state index in [-0.39, 0.29) is 18.2 Å². The van der Waals surface area contributed by atoms with Gasteiger partial charge in [-0.15, -0.1) is 0 Å². The van der Waals surface area contributed by atoms with Gasteiger partial charge in [0.1, 0.15) is 11.5 Å². The summed E-state index contributed by atoms with van der Waals surface area (Å²) in [5, 5.41) is 7.67. The van der Waals surface area contributed by atoms with Crippen molar-refractivity contribution in [2.45, 2.75) is 45.3 Å². The number of nitrogens with zero attached hydrogens (tertiary/aromatic N) is 4. The molecule has 5 rings (SSSR count). The molecule has 3 aromatic rings. The minimum absolute atomic E-state index is 0.0259. The monoisotopic (exact) mass is 489 g/mol. The third kappa shape index (κ3) is 5.19. The average Bonchev–Trinajstić information content (AvgIpc) is 3.66. The summed E-state index contributed by atoms with van der Waals surface area (Å²) in [7, 11) is 3.19. The van der Waals surface area contributed by atoms with Gasteiger partial charge in [0.25, 0.3) is 5.91 Å². The maximum absolute atomic E-state index is 13.3. The molecule has 0 saturated heterocycles. The number of hydrogen-bond acceptors (Lipinski definition) is 6. The van der Waals surface area contributed by atoms with Gasteiger partial charge >= 0.3 is 0 Å². The van der Waals surface area contributed by atoms with E-state index < -0.39 is 0 Å². The predicted octanol–water partition coefficient (Wildman–Crippen LogP) is 2.76. The van der Waals surface area contributed by atoms with Crippen LogP contribution in [0.3, 0.4) is 0 Å². The Labute approximate surface area is 210 Å². The fourth-order valence-corrected chi connectivity index (χ4v) is 4.63. The van der Waals surface area contributed by atoms with Gasteiger partial charge in [-0.1, -0.05) is 6.07 Å². The summed E-state index contributed by atoms with van der Waals surface area (Å²) in [5.41, 5.74) is 3.85. The molecule has 9 nitrogen and oxygen atoms in total. The van der Waals surface area contributed by atoms with Crippen molar-refractivity contribution in [3.8, 4) is 11.5 Å². The van der Waals surface area contributed by atoms with Crippen molar-refractivity contribution in [1.29, 1.82) is 0 Å². The third-order valence-electron chi connectivity index (χ3n) is 6.82. The molecule has 1 fully saturated rings. The molecular weight excluding hydrogens is 458 g/mol. The van der Waals surface area contributed by atoms with E-state index in [1.54, 1.807) is 25.3 Å². The zero-order valence-corrected chi connectivity index (χ0v) is 20.7. The van der Waals surface area contributed by atoms with E-state index in [2.05, 4.69) is 10.3 Å². The van der Waals surface area contributed by atoms with Gasteiger partial charge in [0.15, 0.2) is 5.69 Å². The zero-order chi connectivity index (χ0) is 25.1. The van der Waals surface area contributed by atoms with Crippen LogP contribution in [-0.2, 0) is 37.3 Å². The van der Waals surface area contributed by atoms with Crippen molar-refractivity contribution in [2.24, 2.45) is 5.92 Å². The van der Waals surface area contributed by atoms with Crippen molar-refractivity contribution in [3.63, 3.8) is 0 Å². The molecule has 0 radical (unpaired) electrons. The van der Waals surface area contributed by atoms with Gasteiger partial charge < -0.3 is 19.7 Å². The van der Waals surface area contributed by atoms with Crippen LogP contribution >= 0.6 is 0 Å². The number of nitrogens with one attached hydrogen (secondary N) is 1. The quantitative estimate of drug-likeness (QED) is 0.496.